The topological polar surface area (TPSA) is 184 Å². The third kappa shape index (κ3) is 8.94. The lowest BCUT2D eigenvalue weighted by molar-refractivity contribution is -0.145. The molecular formula is C44H46N4O10S. The van der Waals surface area contributed by atoms with Crippen molar-refractivity contribution in [2.75, 3.05) is 21.3 Å². The first-order valence-electron chi connectivity index (χ1n) is 18.6. The van der Waals surface area contributed by atoms with E-state index in [0.29, 0.717) is 44.5 Å². The number of amides is 2. The van der Waals surface area contributed by atoms with Crippen molar-refractivity contribution in [1.29, 1.82) is 0 Å². The summed E-state index contributed by atoms with van der Waals surface area (Å²) < 4.78 is 51.1. The summed E-state index contributed by atoms with van der Waals surface area (Å²) in [6.45, 7) is 8.32. The Kier molecular flexibility index (Phi) is 11.9. The summed E-state index contributed by atoms with van der Waals surface area (Å²) in [6.07, 6.45) is 2.66. The summed E-state index contributed by atoms with van der Waals surface area (Å²) in [7, 11) is -0.128. The molecule has 0 aliphatic heterocycles. The van der Waals surface area contributed by atoms with Crippen molar-refractivity contribution in [3.8, 4) is 28.0 Å². The van der Waals surface area contributed by atoms with Crippen LogP contribution in [0.3, 0.4) is 0 Å². The van der Waals surface area contributed by atoms with Gasteiger partial charge in [0.1, 0.15) is 17.4 Å². The van der Waals surface area contributed by atoms with Gasteiger partial charge in [0.2, 0.25) is 5.91 Å². The molecule has 0 aliphatic rings. The molecule has 4 aromatic carbocycles. The van der Waals surface area contributed by atoms with Crippen molar-refractivity contribution in [2.24, 2.45) is 0 Å². The van der Waals surface area contributed by atoms with E-state index >= 15 is 0 Å². The Morgan fingerprint density at radius 2 is 1.46 bits per heavy atom. The largest absolute Gasteiger partial charge is 0.496 e. The molecular weight excluding hydrogens is 777 g/mol. The number of aromatic amines is 1. The molecule has 0 saturated carbocycles. The Morgan fingerprint density at radius 1 is 0.797 bits per heavy atom. The van der Waals surface area contributed by atoms with Crippen LogP contribution in [0.2, 0.25) is 0 Å². The number of methoxy groups -OCH3 is 3. The highest BCUT2D eigenvalue weighted by molar-refractivity contribution is 7.90. The third-order valence-corrected chi connectivity index (χ3v) is 11.4. The van der Waals surface area contributed by atoms with Gasteiger partial charge in [0.25, 0.3) is 10.0 Å². The van der Waals surface area contributed by atoms with Crippen LogP contribution in [-0.4, -0.2) is 74.3 Å². The van der Waals surface area contributed by atoms with Gasteiger partial charge in [-0.1, -0.05) is 35.9 Å². The predicted molar refractivity (Wildman–Crippen MR) is 222 cm³/mol. The van der Waals surface area contributed by atoms with Gasteiger partial charge in [-0.05, 0) is 98.5 Å². The number of aryl methyl sites for hydroxylation is 1. The Morgan fingerprint density at radius 3 is 2.10 bits per heavy atom. The number of alkyl carbamates (subject to hydrolysis) is 1. The number of benzene rings is 4. The van der Waals surface area contributed by atoms with Crippen molar-refractivity contribution < 1.29 is 46.5 Å². The van der Waals surface area contributed by atoms with E-state index in [0.717, 1.165) is 22.0 Å². The van der Waals surface area contributed by atoms with E-state index in [-0.39, 0.29) is 17.2 Å². The van der Waals surface area contributed by atoms with Gasteiger partial charge in [-0.25, -0.2) is 26.8 Å². The summed E-state index contributed by atoms with van der Waals surface area (Å²) in [5.74, 6) is -1.26. The van der Waals surface area contributed by atoms with Gasteiger partial charge in [-0.15, -0.1) is 0 Å². The third-order valence-electron chi connectivity index (χ3n) is 9.68. The van der Waals surface area contributed by atoms with Crippen LogP contribution >= 0.6 is 0 Å². The van der Waals surface area contributed by atoms with E-state index in [2.05, 4.69) is 15.6 Å². The molecule has 6 aromatic rings. The average molecular weight is 823 g/mol. The molecule has 0 aliphatic carbocycles. The molecule has 0 spiro atoms. The summed E-state index contributed by atoms with van der Waals surface area (Å²) in [4.78, 5) is 53.8. The van der Waals surface area contributed by atoms with Gasteiger partial charge >= 0.3 is 18.0 Å². The van der Waals surface area contributed by atoms with Gasteiger partial charge in [-0.2, -0.15) is 0 Å². The molecule has 2 heterocycles. The SMILES string of the molecule is COC(=O)[C@@H](Cc1c[nH]c2ccc(-c3cn(S(=O)(=O)c4ccc(C)cc4)c4ccc(-c5cc([C@@H](NC(=O)OC(C)(C)C)C(=O)OC)ccc5OC)cc34)cc12)NC(C)=O. The zero-order valence-electron chi connectivity index (χ0n) is 34.0. The first-order chi connectivity index (χ1) is 27.9. The number of nitrogens with one attached hydrogen (secondary N) is 3. The van der Waals surface area contributed by atoms with Crippen molar-refractivity contribution >= 4 is 55.8 Å². The molecule has 0 bridgehead atoms. The van der Waals surface area contributed by atoms with Crippen LogP contribution in [0, 0.1) is 6.92 Å². The van der Waals surface area contributed by atoms with Crippen LogP contribution in [0.4, 0.5) is 4.79 Å². The van der Waals surface area contributed by atoms with Crippen LogP contribution in [0.1, 0.15) is 50.4 Å². The molecule has 6 rings (SSSR count). The lowest BCUT2D eigenvalue weighted by Gasteiger charge is -2.23. The van der Waals surface area contributed by atoms with E-state index in [1.807, 2.05) is 31.2 Å². The fourth-order valence-corrected chi connectivity index (χ4v) is 8.26. The van der Waals surface area contributed by atoms with E-state index in [9.17, 15) is 27.6 Å². The van der Waals surface area contributed by atoms with Crippen molar-refractivity contribution in [2.45, 2.75) is 63.6 Å². The van der Waals surface area contributed by atoms with Gasteiger partial charge < -0.3 is 34.6 Å². The number of H-pyrrole nitrogens is 1. The number of nitrogens with zero attached hydrogens (tertiary/aromatic N) is 1. The molecule has 2 aromatic heterocycles. The molecule has 15 heteroatoms. The van der Waals surface area contributed by atoms with Gasteiger partial charge in [-0.3, -0.25) is 4.79 Å². The van der Waals surface area contributed by atoms with E-state index in [4.69, 9.17) is 18.9 Å². The number of aromatic nitrogens is 2. The van der Waals surface area contributed by atoms with Gasteiger partial charge in [0.15, 0.2) is 6.04 Å². The fourth-order valence-electron chi connectivity index (χ4n) is 6.89. The number of ether oxygens (including phenoxy) is 4. The Bertz CT molecular complexity index is 2690. The van der Waals surface area contributed by atoms with Crippen LogP contribution < -0.4 is 15.4 Å². The highest BCUT2D eigenvalue weighted by Crippen LogP contribution is 2.40. The van der Waals surface area contributed by atoms with Gasteiger partial charge in [0, 0.05) is 53.2 Å². The second kappa shape index (κ2) is 16.7. The second-order valence-corrected chi connectivity index (χ2v) is 16.8. The fraction of sp³-hybridized carbons (Fsp3) is 0.273. The molecule has 0 fully saturated rings. The van der Waals surface area contributed by atoms with Crippen molar-refractivity contribution in [3.05, 3.63) is 108 Å². The zero-order valence-corrected chi connectivity index (χ0v) is 34.8. The molecule has 3 N–H and O–H groups in total. The standard InChI is InChI=1S/C44H46N4O10S/c1-25-9-14-31(15-10-25)59(53,54)48-24-35(28-11-16-36-32(19-28)30(23-45-36)22-37(41(50)56-7)46-26(2)49)34-20-27(12-17-38(34)48)33-21-29(13-18-39(33)55-6)40(42(51)57-8)47-43(52)58-44(3,4)5/h9-21,23-24,37,40,45H,22H2,1-8H3,(H,46,49)(H,47,52)/t37-,40-/m1/s1. The number of carbonyl (C=O) groups is 4. The molecule has 0 unspecified atom stereocenters. The van der Waals surface area contributed by atoms with E-state index in [1.54, 1.807) is 87.8 Å². The molecule has 59 heavy (non-hydrogen) atoms. The monoisotopic (exact) mass is 822 g/mol. The number of rotatable bonds is 12. The zero-order chi connectivity index (χ0) is 42.8. The van der Waals surface area contributed by atoms with Crippen LogP contribution in [0.25, 0.3) is 44.1 Å². The smallest absolute Gasteiger partial charge is 0.408 e. The average Bonchev–Trinajstić information content (AvgIpc) is 3.79. The van der Waals surface area contributed by atoms with Crippen LogP contribution in [0.5, 0.6) is 5.75 Å². The van der Waals surface area contributed by atoms with Crippen molar-refractivity contribution in [3.63, 3.8) is 0 Å². The number of hydrogen-bond donors (Lipinski definition) is 3. The maximum absolute atomic E-state index is 14.3. The predicted octanol–water partition coefficient (Wildman–Crippen LogP) is 6.97. The molecule has 2 atom stereocenters. The molecule has 2 amide bonds. The summed E-state index contributed by atoms with van der Waals surface area (Å²) >= 11 is 0. The first kappa shape index (κ1) is 42.0. The highest BCUT2D eigenvalue weighted by atomic mass is 32.2. The molecule has 0 saturated heterocycles. The van der Waals surface area contributed by atoms with E-state index < -0.39 is 45.7 Å². The van der Waals surface area contributed by atoms with Crippen molar-refractivity contribution in [1.82, 2.24) is 19.6 Å². The first-order valence-corrected chi connectivity index (χ1v) is 20.1. The highest BCUT2D eigenvalue weighted by Gasteiger charge is 2.29. The maximum atomic E-state index is 14.3. The number of carbonyl (C=O) groups excluding carboxylic acids is 4. The molecule has 0 radical (unpaired) electrons. The summed E-state index contributed by atoms with van der Waals surface area (Å²) in [5, 5.41) is 6.58. The number of hydrogen-bond acceptors (Lipinski definition) is 10. The summed E-state index contributed by atoms with van der Waals surface area (Å²) in [6, 6.07) is 20.4. The minimum absolute atomic E-state index is 0.103. The Balaban J connectivity index is 1.54. The quantitative estimate of drug-likeness (QED) is 0.0861. The second-order valence-electron chi connectivity index (χ2n) is 15.0. The molecule has 14 nitrogen and oxygen atoms in total. The maximum Gasteiger partial charge on any atom is 0.408 e. The Labute approximate surface area is 341 Å². The van der Waals surface area contributed by atoms with Crippen LogP contribution in [-0.2, 0) is 45.0 Å². The van der Waals surface area contributed by atoms with E-state index in [1.165, 1.54) is 32.2 Å². The Hall–Kier alpha value is -6.61. The van der Waals surface area contributed by atoms with Crippen LogP contribution in [0.15, 0.2) is 96.2 Å². The normalized spacial score (nSPS) is 12.7. The lowest BCUT2D eigenvalue weighted by atomic mass is 9.95. The lowest BCUT2D eigenvalue weighted by Crippen LogP contribution is -2.41. The molecule has 308 valence electrons. The minimum atomic E-state index is -4.10. The van der Waals surface area contributed by atoms with Gasteiger partial charge in [0.05, 0.1) is 31.7 Å². The number of fused-ring (bicyclic) bond motifs is 2. The minimum Gasteiger partial charge on any atom is -0.496 e. The summed E-state index contributed by atoms with van der Waals surface area (Å²) in [5.41, 5.74) is 4.74. The number of esters is 2.